The summed E-state index contributed by atoms with van der Waals surface area (Å²) in [5.74, 6) is 0.630. The summed E-state index contributed by atoms with van der Waals surface area (Å²) in [5, 5.41) is 5.66. The van der Waals surface area contributed by atoms with Crippen LogP contribution in [-0.4, -0.2) is 56.2 Å². The minimum Gasteiger partial charge on any atom is -0.495 e. The van der Waals surface area contributed by atoms with Crippen molar-refractivity contribution >= 4 is 17.4 Å². The number of carbonyl (C=O) groups is 1. The van der Waals surface area contributed by atoms with Crippen LogP contribution in [0.3, 0.4) is 0 Å². The van der Waals surface area contributed by atoms with Crippen LogP contribution in [0, 0.1) is 0 Å². The van der Waals surface area contributed by atoms with Crippen molar-refractivity contribution in [1.29, 1.82) is 0 Å². The van der Waals surface area contributed by atoms with Gasteiger partial charge in [-0.05, 0) is 36.9 Å². The number of rotatable bonds is 5. The molecule has 26 heavy (non-hydrogen) atoms. The van der Waals surface area contributed by atoms with Crippen molar-refractivity contribution in [3.05, 3.63) is 54.1 Å². The predicted octanol–water partition coefficient (Wildman–Crippen LogP) is 3.09. The number of amides is 2. The third kappa shape index (κ3) is 4.97. The van der Waals surface area contributed by atoms with Crippen LogP contribution in [0.15, 0.2) is 48.5 Å². The molecule has 0 atom stereocenters. The minimum absolute atomic E-state index is 0.290. The zero-order valence-electron chi connectivity index (χ0n) is 15.4. The van der Waals surface area contributed by atoms with E-state index >= 15 is 0 Å². The first-order chi connectivity index (χ1) is 12.6. The normalized spacial score (nSPS) is 15.5. The Hall–Kier alpha value is -2.57. The van der Waals surface area contributed by atoms with Gasteiger partial charge >= 0.3 is 6.03 Å². The fraction of sp³-hybridized carbons (Fsp3) is 0.350. The van der Waals surface area contributed by atoms with Crippen molar-refractivity contribution in [2.45, 2.75) is 6.54 Å². The van der Waals surface area contributed by atoms with E-state index in [9.17, 15) is 4.79 Å². The maximum atomic E-state index is 12.2. The van der Waals surface area contributed by atoms with Crippen LogP contribution in [0.5, 0.6) is 5.75 Å². The SMILES string of the molecule is COc1ccccc1NC(=O)Nc1ccc(CN2CCN(C)CC2)cc1. The molecule has 1 heterocycles. The lowest BCUT2D eigenvalue weighted by Gasteiger charge is -2.32. The van der Waals surface area contributed by atoms with Gasteiger partial charge < -0.3 is 20.3 Å². The molecule has 2 aromatic carbocycles. The van der Waals surface area contributed by atoms with E-state index in [0.717, 1.165) is 38.4 Å². The number of likely N-dealkylation sites (N-methyl/N-ethyl adjacent to an activating group) is 1. The highest BCUT2D eigenvalue weighted by Crippen LogP contribution is 2.23. The summed E-state index contributed by atoms with van der Waals surface area (Å²) < 4.78 is 5.24. The molecule has 0 spiro atoms. The fourth-order valence-electron chi connectivity index (χ4n) is 2.99. The van der Waals surface area contributed by atoms with Gasteiger partial charge in [-0.1, -0.05) is 24.3 Å². The molecule has 0 aromatic heterocycles. The first kappa shape index (κ1) is 18.2. The van der Waals surface area contributed by atoms with Crippen LogP contribution < -0.4 is 15.4 Å². The molecule has 0 aliphatic carbocycles. The van der Waals surface area contributed by atoms with E-state index < -0.39 is 0 Å². The molecule has 0 unspecified atom stereocenters. The smallest absolute Gasteiger partial charge is 0.323 e. The van der Waals surface area contributed by atoms with Gasteiger partial charge in [0.2, 0.25) is 0 Å². The quantitative estimate of drug-likeness (QED) is 0.866. The number of methoxy groups -OCH3 is 1. The summed E-state index contributed by atoms with van der Waals surface area (Å²) in [4.78, 5) is 17.0. The standard InChI is InChI=1S/C20H26N4O2/c1-23-11-13-24(14-12-23)15-16-7-9-17(10-8-16)21-20(25)22-18-5-3-4-6-19(18)26-2/h3-10H,11-15H2,1-2H3,(H2,21,22,25). The zero-order chi connectivity index (χ0) is 18.4. The Morgan fingerprint density at radius 3 is 2.38 bits per heavy atom. The lowest BCUT2D eigenvalue weighted by Crippen LogP contribution is -2.43. The molecule has 138 valence electrons. The third-order valence-corrected chi connectivity index (χ3v) is 4.57. The monoisotopic (exact) mass is 354 g/mol. The number of piperazine rings is 1. The van der Waals surface area contributed by atoms with Crippen LogP contribution in [0.25, 0.3) is 0 Å². The highest BCUT2D eigenvalue weighted by atomic mass is 16.5. The molecule has 1 aliphatic rings. The Bertz CT molecular complexity index is 725. The fourth-order valence-corrected chi connectivity index (χ4v) is 2.99. The van der Waals surface area contributed by atoms with Gasteiger partial charge in [-0.3, -0.25) is 4.90 Å². The Morgan fingerprint density at radius 2 is 1.69 bits per heavy atom. The van der Waals surface area contributed by atoms with Crippen molar-refractivity contribution in [3.63, 3.8) is 0 Å². The largest absolute Gasteiger partial charge is 0.495 e. The maximum absolute atomic E-state index is 12.2. The maximum Gasteiger partial charge on any atom is 0.323 e. The molecule has 2 aromatic rings. The van der Waals surface area contributed by atoms with E-state index in [4.69, 9.17) is 4.74 Å². The second-order valence-electron chi connectivity index (χ2n) is 6.56. The van der Waals surface area contributed by atoms with Gasteiger partial charge in [-0.25, -0.2) is 4.79 Å². The van der Waals surface area contributed by atoms with Crippen LogP contribution in [0.1, 0.15) is 5.56 Å². The Kier molecular flexibility index (Phi) is 6.09. The van der Waals surface area contributed by atoms with Gasteiger partial charge in [0.1, 0.15) is 5.75 Å². The first-order valence-electron chi connectivity index (χ1n) is 8.85. The second kappa shape index (κ2) is 8.69. The van der Waals surface area contributed by atoms with Gasteiger partial charge in [0.25, 0.3) is 0 Å². The van der Waals surface area contributed by atoms with Crippen molar-refractivity contribution in [1.82, 2.24) is 9.80 Å². The molecule has 6 nitrogen and oxygen atoms in total. The molecule has 1 saturated heterocycles. The Morgan fingerprint density at radius 1 is 1.00 bits per heavy atom. The van der Waals surface area contributed by atoms with Gasteiger partial charge in [0.05, 0.1) is 12.8 Å². The third-order valence-electron chi connectivity index (χ3n) is 4.57. The molecular formula is C20H26N4O2. The predicted molar refractivity (Wildman–Crippen MR) is 105 cm³/mol. The van der Waals surface area contributed by atoms with Gasteiger partial charge in [0, 0.05) is 38.4 Å². The Balaban J connectivity index is 1.53. The number of anilines is 2. The number of hydrogen-bond acceptors (Lipinski definition) is 4. The van der Waals surface area contributed by atoms with Crippen molar-refractivity contribution < 1.29 is 9.53 Å². The van der Waals surface area contributed by atoms with E-state index in [-0.39, 0.29) is 6.03 Å². The summed E-state index contributed by atoms with van der Waals surface area (Å²) in [6, 6.07) is 15.0. The molecule has 3 rings (SSSR count). The van der Waals surface area contributed by atoms with Crippen LogP contribution in [-0.2, 0) is 6.54 Å². The average molecular weight is 354 g/mol. The van der Waals surface area contributed by atoms with E-state index in [2.05, 4.69) is 39.6 Å². The summed E-state index contributed by atoms with van der Waals surface area (Å²) >= 11 is 0. The summed E-state index contributed by atoms with van der Waals surface area (Å²) in [6.45, 7) is 5.36. The number of benzene rings is 2. The number of ether oxygens (including phenoxy) is 1. The van der Waals surface area contributed by atoms with E-state index in [1.165, 1.54) is 5.56 Å². The number of nitrogens with one attached hydrogen (secondary N) is 2. The topological polar surface area (TPSA) is 56.8 Å². The minimum atomic E-state index is -0.290. The van der Waals surface area contributed by atoms with E-state index in [1.54, 1.807) is 13.2 Å². The second-order valence-corrected chi connectivity index (χ2v) is 6.56. The van der Waals surface area contributed by atoms with Crippen LogP contribution >= 0.6 is 0 Å². The van der Waals surface area contributed by atoms with Gasteiger partial charge in [-0.2, -0.15) is 0 Å². The van der Waals surface area contributed by atoms with Crippen LogP contribution in [0.2, 0.25) is 0 Å². The lowest BCUT2D eigenvalue weighted by molar-refractivity contribution is 0.148. The highest BCUT2D eigenvalue weighted by Gasteiger charge is 2.14. The van der Waals surface area contributed by atoms with Crippen molar-refractivity contribution in [2.24, 2.45) is 0 Å². The molecule has 0 radical (unpaired) electrons. The zero-order valence-corrected chi connectivity index (χ0v) is 15.4. The summed E-state index contributed by atoms with van der Waals surface area (Å²) in [5.41, 5.74) is 2.66. The molecule has 2 N–H and O–H groups in total. The number of para-hydroxylation sites is 2. The average Bonchev–Trinajstić information content (AvgIpc) is 2.65. The highest BCUT2D eigenvalue weighted by molar-refractivity contribution is 6.00. The van der Waals surface area contributed by atoms with Gasteiger partial charge in [-0.15, -0.1) is 0 Å². The molecule has 1 fully saturated rings. The van der Waals surface area contributed by atoms with Gasteiger partial charge in [0.15, 0.2) is 0 Å². The number of urea groups is 1. The van der Waals surface area contributed by atoms with E-state index in [0.29, 0.717) is 11.4 Å². The molecule has 6 heteroatoms. The first-order valence-corrected chi connectivity index (χ1v) is 8.85. The molecule has 1 aliphatic heterocycles. The summed E-state index contributed by atoms with van der Waals surface area (Å²) in [6.07, 6.45) is 0. The molecular weight excluding hydrogens is 328 g/mol. The summed E-state index contributed by atoms with van der Waals surface area (Å²) in [7, 11) is 3.74. The number of carbonyl (C=O) groups excluding carboxylic acids is 1. The van der Waals surface area contributed by atoms with E-state index in [1.807, 2.05) is 30.3 Å². The lowest BCUT2D eigenvalue weighted by atomic mass is 10.2. The number of nitrogens with zero attached hydrogens (tertiary/aromatic N) is 2. The van der Waals surface area contributed by atoms with Crippen LogP contribution in [0.4, 0.5) is 16.2 Å². The molecule has 0 bridgehead atoms. The molecule has 2 amide bonds. The number of hydrogen-bond donors (Lipinski definition) is 2. The molecule has 0 saturated carbocycles. The Labute approximate surface area is 154 Å². The van der Waals surface area contributed by atoms with Crippen molar-refractivity contribution in [2.75, 3.05) is 51.0 Å². The van der Waals surface area contributed by atoms with Crippen molar-refractivity contribution in [3.8, 4) is 5.75 Å².